The normalized spacial score (nSPS) is 15.6. The Morgan fingerprint density at radius 3 is 2.67 bits per heavy atom. The van der Waals surface area contributed by atoms with Crippen LogP contribution in [0.1, 0.15) is 17.9 Å². The van der Waals surface area contributed by atoms with Crippen molar-refractivity contribution in [2.24, 2.45) is 5.73 Å². The van der Waals surface area contributed by atoms with Gasteiger partial charge in [0.2, 0.25) is 0 Å². The number of rotatable bonds is 5. The van der Waals surface area contributed by atoms with Crippen LogP contribution in [0.5, 0.6) is 0 Å². The number of hydrogen-bond acceptors (Lipinski definition) is 3. The van der Waals surface area contributed by atoms with Crippen molar-refractivity contribution in [3.05, 3.63) is 20.8 Å². The molecule has 1 aromatic rings. The number of alkyl halides is 2. The molecule has 0 aliphatic carbocycles. The van der Waals surface area contributed by atoms with Crippen molar-refractivity contribution in [1.82, 2.24) is 0 Å². The number of thiophene rings is 1. The molecule has 0 bridgehead atoms. The maximum Gasteiger partial charge on any atom is 0.261 e. The quantitative estimate of drug-likeness (QED) is 0.906. The van der Waals surface area contributed by atoms with Gasteiger partial charge < -0.3 is 10.5 Å². The van der Waals surface area contributed by atoms with Gasteiger partial charge in [-0.25, -0.2) is 8.78 Å². The summed E-state index contributed by atoms with van der Waals surface area (Å²) in [4.78, 5) is 0.859. The Balaban J connectivity index is 2.66. The van der Waals surface area contributed by atoms with Crippen molar-refractivity contribution in [3.63, 3.8) is 0 Å². The maximum atomic E-state index is 12.0. The van der Waals surface area contributed by atoms with Crippen LogP contribution >= 0.6 is 27.3 Å². The van der Waals surface area contributed by atoms with Crippen LogP contribution in [0.3, 0.4) is 0 Å². The molecule has 6 heteroatoms. The SMILES string of the molecule is CC(N)C(OCC(F)F)c1cc(Br)cs1. The summed E-state index contributed by atoms with van der Waals surface area (Å²) in [6, 6.07) is 1.53. The lowest BCUT2D eigenvalue weighted by atomic mass is 10.1. The van der Waals surface area contributed by atoms with Crippen molar-refractivity contribution in [2.45, 2.75) is 25.5 Å². The Hall–Kier alpha value is -0.0400. The average Bonchev–Trinajstić information content (AvgIpc) is 2.51. The van der Waals surface area contributed by atoms with E-state index in [1.165, 1.54) is 11.3 Å². The zero-order valence-corrected chi connectivity index (χ0v) is 10.5. The molecule has 1 aromatic heterocycles. The minimum Gasteiger partial charge on any atom is -0.365 e. The predicted molar refractivity (Wildman–Crippen MR) is 60.4 cm³/mol. The molecule has 0 aliphatic rings. The lowest BCUT2D eigenvalue weighted by Crippen LogP contribution is -2.27. The molecule has 2 N–H and O–H groups in total. The van der Waals surface area contributed by atoms with E-state index in [0.29, 0.717) is 0 Å². The molecular weight excluding hydrogens is 288 g/mol. The second-order valence-electron chi connectivity index (χ2n) is 3.17. The van der Waals surface area contributed by atoms with Gasteiger partial charge in [0.15, 0.2) is 0 Å². The lowest BCUT2D eigenvalue weighted by Gasteiger charge is -2.19. The van der Waals surface area contributed by atoms with Crippen LogP contribution in [0.15, 0.2) is 15.9 Å². The molecule has 0 fully saturated rings. The number of nitrogens with two attached hydrogens (primary N) is 1. The lowest BCUT2D eigenvalue weighted by molar-refractivity contribution is -0.0312. The Kier molecular flexibility index (Phi) is 5.11. The molecule has 0 spiro atoms. The van der Waals surface area contributed by atoms with Crippen molar-refractivity contribution in [1.29, 1.82) is 0 Å². The molecular formula is C9H12BrF2NOS. The van der Waals surface area contributed by atoms with Crippen LogP contribution in [0.25, 0.3) is 0 Å². The van der Waals surface area contributed by atoms with Crippen LogP contribution in [0, 0.1) is 0 Å². The molecule has 0 radical (unpaired) electrons. The largest absolute Gasteiger partial charge is 0.365 e. The van der Waals surface area contributed by atoms with E-state index in [-0.39, 0.29) is 6.04 Å². The molecule has 1 heterocycles. The Morgan fingerprint density at radius 2 is 2.27 bits per heavy atom. The summed E-state index contributed by atoms with van der Waals surface area (Å²) in [5, 5.41) is 1.87. The maximum absolute atomic E-state index is 12.0. The fourth-order valence-corrected chi connectivity index (χ4v) is 2.75. The van der Waals surface area contributed by atoms with Crippen LogP contribution < -0.4 is 5.73 Å². The Morgan fingerprint density at radius 1 is 1.60 bits per heavy atom. The van der Waals surface area contributed by atoms with Crippen molar-refractivity contribution < 1.29 is 13.5 Å². The third kappa shape index (κ3) is 4.14. The zero-order valence-electron chi connectivity index (χ0n) is 8.12. The van der Waals surface area contributed by atoms with E-state index in [9.17, 15) is 8.78 Å². The topological polar surface area (TPSA) is 35.2 Å². The van der Waals surface area contributed by atoms with Gasteiger partial charge in [0.05, 0.1) is 0 Å². The van der Waals surface area contributed by atoms with Gasteiger partial charge in [0.25, 0.3) is 6.43 Å². The van der Waals surface area contributed by atoms with Crippen LogP contribution in [-0.2, 0) is 4.74 Å². The third-order valence-corrected chi connectivity index (χ3v) is 3.50. The summed E-state index contributed by atoms with van der Waals surface area (Å²) < 4.78 is 30.0. The summed E-state index contributed by atoms with van der Waals surface area (Å²) in [7, 11) is 0. The van der Waals surface area contributed by atoms with Crippen LogP contribution in [0.2, 0.25) is 0 Å². The molecule has 0 aliphatic heterocycles. The van der Waals surface area contributed by atoms with Crippen LogP contribution in [-0.4, -0.2) is 19.1 Å². The van der Waals surface area contributed by atoms with Gasteiger partial charge in [0.1, 0.15) is 12.7 Å². The van der Waals surface area contributed by atoms with Gasteiger partial charge in [-0.05, 0) is 28.9 Å². The fourth-order valence-electron chi connectivity index (χ4n) is 1.15. The summed E-state index contributed by atoms with van der Waals surface area (Å²) in [6.07, 6.45) is -2.93. The van der Waals surface area contributed by atoms with E-state index in [0.717, 1.165) is 9.35 Å². The molecule has 2 unspecified atom stereocenters. The van der Waals surface area contributed by atoms with Gasteiger partial charge in [-0.1, -0.05) is 0 Å². The van der Waals surface area contributed by atoms with Crippen molar-refractivity contribution in [3.8, 4) is 0 Å². The molecule has 86 valence electrons. The van der Waals surface area contributed by atoms with Gasteiger partial charge >= 0.3 is 0 Å². The molecule has 2 nitrogen and oxygen atoms in total. The first kappa shape index (κ1) is 13.0. The number of halogens is 3. The average molecular weight is 300 g/mol. The van der Waals surface area contributed by atoms with E-state index in [1.807, 2.05) is 11.4 Å². The van der Waals surface area contributed by atoms with Crippen LogP contribution in [0.4, 0.5) is 8.78 Å². The predicted octanol–water partition coefficient (Wildman–Crippen LogP) is 3.18. The van der Waals surface area contributed by atoms with E-state index >= 15 is 0 Å². The monoisotopic (exact) mass is 299 g/mol. The van der Waals surface area contributed by atoms with E-state index in [2.05, 4.69) is 15.9 Å². The molecule has 15 heavy (non-hydrogen) atoms. The highest BCUT2D eigenvalue weighted by molar-refractivity contribution is 9.10. The van der Waals surface area contributed by atoms with Gasteiger partial charge in [-0.3, -0.25) is 0 Å². The zero-order chi connectivity index (χ0) is 11.4. The Bertz CT molecular complexity index is 306. The Labute approximate surface area is 99.5 Å². The summed E-state index contributed by atoms with van der Waals surface area (Å²) in [6.45, 7) is 1.16. The molecule has 0 aromatic carbocycles. The van der Waals surface area contributed by atoms with Gasteiger partial charge in [0, 0.05) is 20.8 Å². The number of ether oxygens (including phenoxy) is 1. The fraction of sp³-hybridized carbons (Fsp3) is 0.556. The van der Waals surface area contributed by atoms with E-state index in [1.54, 1.807) is 6.92 Å². The molecule has 1 rings (SSSR count). The molecule has 0 saturated heterocycles. The smallest absolute Gasteiger partial charge is 0.261 e. The van der Waals surface area contributed by atoms with Gasteiger partial charge in [-0.2, -0.15) is 0 Å². The van der Waals surface area contributed by atoms with Crippen molar-refractivity contribution in [2.75, 3.05) is 6.61 Å². The minimum atomic E-state index is -2.46. The molecule has 0 saturated carbocycles. The molecule has 0 amide bonds. The van der Waals surface area contributed by atoms with E-state index < -0.39 is 19.1 Å². The second-order valence-corrected chi connectivity index (χ2v) is 5.03. The minimum absolute atomic E-state index is 0.311. The summed E-state index contributed by atoms with van der Waals surface area (Å²) in [5.74, 6) is 0. The second kappa shape index (κ2) is 5.89. The van der Waals surface area contributed by atoms with Gasteiger partial charge in [-0.15, -0.1) is 11.3 Å². The third-order valence-electron chi connectivity index (χ3n) is 1.75. The summed E-state index contributed by atoms with van der Waals surface area (Å²) >= 11 is 4.74. The summed E-state index contributed by atoms with van der Waals surface area (Å²) in [5.41, 5.74) is 5.69. The first-order valence-corrected chi connectivity index (χ1v) is 6.07. The number of hydrogen-bond donors (Lipinski definition) is 1. The first-order chi connectivity index (χ1) is 7.00. The molecule has 2 atom stereocenters. The standard InChI is InChI=1S/C9H12BrF2NOS/c1-5(13)9(14-3-8(11)12)7-2-6(10)4-15-7/h2,4-5,8-9H,3,13H2,1H3. The highest BCUT2D eigenvalue weighted by Crippen LogP contribution is 2.29. The highest BCUT2D eigenvalue weighted by Gasteiger charge is 2.20. The highest BCUT2D eigenvalue weighted by atomic mass is 79.9. The van der Waals surface area contributed by atoms with E-state index in [4.69, 9.17) is 10.5 Å². The van der Waals surface area contributed by atoms with Crippen molar-refractivity contribution >= 4 is 27.3 Å². The first-order valence-electron chi connectivity index (χ1n) is 4.40.